The lowest BCUT2D eigenvalue weighted by molar-refractivity contribution is 0.259. The number of rotatable bonds is 7. The van der Waals surface area contributed by atoms with Crippen LogP contribution in [0.4, 0.5) is 0 Å². The van der Waals surface area contributed by atoms with Crippen molar-refractivity contribution in [3.05, 3.63) is 65.7 Å². The van der Waals surface area contributed by atoms with Gasteiger partial charge in [0.2, 0.25) is 10.0 Å². The van der Waals surface area contributed by atoms with Crippen LogP contribution in [-0.2, 0) is 23.0 Å². The number of aliphatic imine (C=N–C) groups is 1. The third-order valence-electron chi connectivity index (χ3n) is 5.51. The van der Waals surface area contributed by atoms with Crippen molar-refractivity contribution in [2.24, 2.45) is 10.9 Å². The molecule has 2 aromatic rings. The van der Waals surface area contributed by atoms with Crippen LogP contribution in [0.5, 0.6) is 0 Å². The Kier molecular flexibility index (Phi) is 10.2. The Morgan fingerprint density at radius 2 is 1.74 bits per heavy atom. The third kappa shape index (κ3) is 7.47. The summed E-state index contributed by atoms with van der Waals surface area (Å²) in [4.78, 5) is 7.37. The minimum absolute atomic E-state index is 0. The quantitative estimate of drug-likeness (QED) is 0.311. The Hall–Kier alpha value is -1.65. The van der Waals surface area contributed by atoms with Crippen molar-refractivity contribution in [1.29, 1.82) is 0 Å². The van der Waals surface area contributed by atoms with Gasteiger partial charge in [-0.2, -0.15) is 0 Å². The second-order valence-corrected chi connectivity index (χ2v) is 9.53. The summed E-state index contributed by atoms with van der Waals surface area (Å²) in [6.45, 7) is 5.28. The molecule has 0 saturated carbocycles. The average molecular weight is 557 g/mol. The highest BCUT2D eigenvalue weighted by molar-refractivity contribution is 14.0. The molecule has 3 rings (SSSR count). The maximum Gasteiger partial charge on any atom is 0.240 e. The summed E-state index contributed by atoms with van der Waals surface area (Å²) in [5, 5.41) is 3.39. The Morgan fingerprint density at radius 1 is 1.06 bits per heavy atom. The zero-order valence-electron chi connectivity index (χ0n) is 18.3. The molecule has 1 aliphatic rings. The van der Waals surface area contributed by atoms with Crippen molar-refractivity contribution in [1.82, 2.24) is 14.9 Å². The van der Waals surface area contributed by atoms with E-state index in [1.807, 2.05) is 6.07 Å². The molecular weight excluding hydrogens is 523 g/mol. The highest BCUT2D eigenvalue weighted by Gasteiger charge is 2.21. The highest BCUT2D eigenvalue weighted by Crippen LogP contribution is 2.22. The summed E-state index contributed by atoms with van der Waals surface area (Å²) < 4.78 is 26.4. The van der Waals surface area contributed by atoms with E-state index in [2.05, 4.69) is 52.2 Å². The first-order chi connectivity index (χ1) is 14.5. The fraction of sp³-hybridized carbons (Fsp3) is 0.435. The van der Waals surface area contributed by atoms with E-state index >= 15 is 0 Å². The van der Waals surface area contributed by atoms with E-state index in [1.54, 1.807) is 18.2 Å². The van der Waals surface area contributed by atoms with Crippen molar-refractivity contribution in [3.8, 4) is 0 Å². The fourth-order valence-electron chi connectivity index (χ4n) is 3.82. The highest BCUT2D eigenvalue weighted by atomic mass is 127. The molecule has 1 fully saturated rings. The van der Waals surface area contributed by atoms with Gasteiger partial charge >= 0.3 is 0 Å². The van der Waals surface area contributed by atoms with Gasteiger partial charge in [-0.05, 0) is 62.4 Å². The zero-order valence-corrected chi connectivity index (χ0v) is 21.4. The summed E-state index contributed by atoms with van der Waals surface area (Å²) in [6.07, 6.45) is 3.43. The number of guanidine groups is 1. The molecule has 0 aliphatic carbocycles. The second-order valence-electron chi connectivity index (χ2n) is 7.65. The van der Waals surface area contributed by atoms with Crippen LogP contribution in [-0.4, -0.2) is 46.0 Å². The molecular formula is C23H33IN4O2S. The summed E-state index contributed by atoms with van der Waals surface area (Å²) in [7, 11) is -2.03. The number of sulfonamides is 1. The lowest BCUT2D eigenvalue weighted by Gasteiger charge is -2.34. The third-order valence-corrected chi connectivity index (χ3v) is 6.92. The molecule has 0 unspecified atom stereocenters. The van der Waals surface area contributed by atoms with E-state index in [9.17, 15) is 8.42 Å². The first kappa shape index (κ1) is 25.6. The van der Waals surface area contributed by atoms with Crippen LogP contribution >= 0.6 is 24.0 Å². The van der Waals surface area contributed by atoms with Crippen molar-refractivity contribution in [2.45, 2.75) is 37.6 Å². The van der Waals surface area contributed by atoms with Gasteiger partial charge in [-0.25, -0.2) is 18.1 Å². The van der Waals surface area contributed by atoms with E-state index in [4.69, 9.17) is 4.99 Å². The van der Waals surface area contributed by atoms with Crippen molar-refractivity contribution >= 4 is 40.0 Å². The smallest absolute Gasteiger partial charge is 0.240 e. The molecule has 1 aliphatic heterocycles. The summed E-state index contributed by atoms with van der Waals surface area (Å²) in [5.74, 6) is 1.60. The van der Waals surface area contributed by atoms with Crippen LogP contribution in [0, 0.1) is 5.92 Å². The second kappa shape index (κ2) is 12.4. The number of nitrogens with one attached hydrogen (secondary N) is 2. The Balaban J connectivity index is 0.00000341. The Morgan fingerprint density at radius 3 is 2.39 bits per heavy atom. The van der Waals surface area contributed by atoms with Gasteiger partial charge in [-0.1, -0.05) is 42.5 Å². The molecule has 8 heteroatoms. The normalized spacial score (nSPS) is 15.4. The minimum atomic E-state index is -3.45. The number of hydrogen-bond donors (Lipinski definition) is 2. The number of benzene rings is 2. The van der Waals surface area contributed by atoms with Crippen molar-refractivity contribution in [2.75, 3.05) is 26.7 Å². The largest absolute Gasteiger partial charge is 0.357 e. The van der Waals surface area contributed by atoms with Crippen molar-refractivity contribution < 1.29 is 8.42 Å². The molecule has 0 amide bonds. The van der Waals surface area contributed by atoms with Gasteiger partial charge in [0.25, 0.3) is 0 Å². The van der Waals surface area contributed by atoms with Crippen LogP contribution < -0.4 is 10.0 Å². The van der Waals surface area contributed by atoms with Gasteiger partial charge in [0.1, 0.15) is 0 Å². The van der Waals surface area contributed by atoms with Crippen molar-refractivity contribution in [3.63, 3.8) is 0 Å². The number of halogens is 1. The molecule has 2 aromatic carbocycles. The molecule has 0 aromatic heterocycles. The first-order valence-corrected chi connectivity index (χ1v) is 12.1. The maximum atomic E-state index is 12.0. The van der Waals surface area contributed by atoms with E-state index in [1.165, 1.54) is 12.6 Å². The zero-order chi connectivity index (χ0) is 21.4. The molecule has 0 radical (unpaired) electrons. The van der Waals surface area contributed by atoms with E-state index in [0.717, 1.165) is 50.4 Å². The molecule has 0 atom stereocenters. The van der Waals surface area contributed by atoms with Crippen LogP contribution in [0.3, 0.4) is 0 Å². The predicted molar refractivity (Wildman–Crippen MR) is 137 cm³/mol. The summed E-state index contributed by atoms with van der Waals surface area (Å²) in [6, 6.07) is 17.7. The molecule has 0 spiro atoms. The van der Waals surface area contributed by atoms with Crippen LogP contribution in [0.15, 0.2) is 64.5 Å². The number of nitrogens with zero attached hydrogens (tertiary/aromatic N) is 2. The lowest BCUT2D eigenvalue weighted by Crippen LogP contribution is -2.45. The SMILES string of the molecule is CCNC(=NCc1cccc(S(=O)(=O)NC)c1)N1CCC(Cc2ccccc2)CC1.I. The molecule has 1 heterocycles. The first-order valence-electron chi connectivity index (χ1n) is 10.6. The molecule has 2 N–H and O–H groups in total. The van der Waals surface area contributed by atoms with E-state index < -0.39 is 10.0 Å². The molecule has 0 bridgehead atoms. The van der Waals surface area contributed by atoms with Crippen LogP contribution in [0.2, 0.25) is 0 Å². The van der Waals surface area contributed by atoms with E-state index in [-0.39, 0.29) is 28.9 Å². The van der Waals surface area contributed by atoms with Gasteiger partial charge in [-0.15, -0.1) is 24.0 Å². The topological polar surface area (TPSA) is 73.8 Å². The maximum absolute atomic E-state index is 12.0. The summed E-state index contributed by atoms with van der Waals surface area (Å²) in [5.41, 5.74) is 2.29. The minimum Gasteiger partial charge on any atom is -0.357 e. The molecule has 1 saturated heterocycles. The van der Waals surface area contributed by atoms with Gasteiger partial charge in [0.15, 0.2) is 5.96 Å². The summed E-state index contributed by atoms with van der Waals surface area (Å²) >= 11 is 0. The average Bonchev–Trinajstić information content (AvgIpc) is 2.78. The molecule has 6 nitrogen and oxygen atoms in total. The standard InChI is InChI=1S/C23H32N4O2S.HI/c1-3-25-23(26-18-21-10-7-11-22(17-21)30(28,29)24-2)27-14-12-20(13-15-27)16-19-8-5-4-6-9-19;/h4-11,17,20,24H,3,12-16,18H2,1-2H3,(H,25,26);1H. The Bertz CT molecular complexity index is 943. The predicted octanol–water partition coefficient (Wildman–Crippen LogP) is 3.63. The fourth-order valence-corrected chi connectivity index (χ4v) is 4.62. The van der Waals surface area contributed by atoms with Gasteiger partial charge in [0, 0.05) is 19.6 Å². The van der Waals surface area contributed by atoms with Gasteiger partial charge in [0.05, 0.1) is 11.4 Å². The molecule has 170 valence electrons. The van der Waals surface area contributed by atoms with E-state index in [0.29, 0.717) is 12.5 Å². The Labute approximate surface area is 203 Å². The lowest BCUT2D eigenvalue weighted by atomic mass is 9.90. The van der Waals surface area contributed by atoms with Gasteiger partial charge in [-0.3, -0.25) is 0 Å². The molecule has 31 heavy (non-hydrogen) atoms. The van der Waals surface area contributed by atoms with Gasteiger partial charge < -0.3 is 10.2 Å². The monoisotopic (exact) mass is 556 g/mol. The number of piperidine rings is 1. The van der Waals surface area contributed by atoms with Crippen LogP contribution in [0.25, 0.3) is 0 Å². The number of likely N-dealkylation sites (tertiary alicyclic amines) is 1. The number of hydrogen-bond acceptors (Lipinski definition) is 3. The van der Waals surface area contributed by atoms with Crippen LogP contribution in [0.1, 0.15) is 30.9 Å².